The van der Waals surface area contributed by atoms with Gasteiger partial charge in [-0.15, -0.1) is 0 Å². The monoisotopic (exact) mass is 553 g/mol. The van der Waals surface area contributed by atoms with Gasteiger partial charge in [0.1, 0.15) is 11.2 Å². The van der Waals surface area contributed by atoms with E-state index in [0.29, 0.717) is 17.5 Å². The van der Waals surface area contributed by atoms with E-state index in [0.717, 1.165) is 54.2 Å². The standard InChI is InChI=1S/C33H20BrN3O/c34-25-19-17-22(18-20-25)21-13-15-24(16-14-21)32-35-31(23-7-2-1-3-8-23)36-33(37-32)28-11-6-10-27-26-9-4-5-12-29(26)38-30(27)28/h1-20H. The smallest absolute Gasteiger partial charge is 0.167 e. The predicted octanol–water partition coefficient (Wildman–Crippen LogP) is 9.20. The topological polar surface area (TPSA) is 51.8 Å². The van der Waals surface area contributed by atoms with Crippen molar-refractivity contribution in [1.82, 2.24) is 15.0 Å². The minimum absolute atomic E-state index is 0.579. The summed E-state index contributed by atoms with van der Waals surface area (Å²) in [6.07, 6.45) is 0. The van der Waals surface area contributed by atoms with Crippen LogP contribution in [-0.2, 0) is 0 Å². The van der Waals surface area contributed by atoms with Gasteiger partial charge < -0.3 is 4.42 Å². The van der Waals surface area contributed by atoms with Gasteiger partial charge in [-0.2, -0.15) is 0 Å². The summed E-state index contributed by atoms with van der Waals surface area (Å²) in [4.78, 5) is 14.7. The van der Waals surface area contributed by atoms with E-state index in [-0.39, 0.29) is 0 Å². The van der Waals surface area contributed by atoms with Crippen LogP contribution in [-0.4, -0.2) is 15.0 Å². The lowest BCUT2D eigenvalue weighted by Gasteiger charge is -2.09. The lowest BCUT2D eigenvalue weighted by Crippen LogP contribution is -2.00. The van der Waals surface area contributed by atoms with Crippen LogP contribution in [0.2, 0.25) is 0 Å². The molecule has 0 saturated heterocycles. The third-order valence-corrected chi connectivity index (χ3v) is 7.16. The minimum atomic E-state index is 0.579. The van der Waals surface area contributed by atoms with Gasteiger partial charge in [-0.25, -0.2) is 15.0 Å². The molecule has 5 heteroatoms. The second kappa shape index (κ2) is 9.36. The van der Waals surface area contributed by atoms with Gasteiger partial charge in [0.2, 0.25) is 0 Å². The highest BCUT2D eigenvalue weighted by molar-refractivity contribution is 9.10. The first-order chi connectivity index (χ1) is 18.7. The second-order valence-electron chi connectivity index (χ2n) is 9.04. The zero-order valence-electron chi connectivity index (χ0n) is 20.2. The Kier molecular flexibility index (Phi) is 5.56. The molecule has 0 N–H and O–H groups in total. The number of benzene rings is 5. The molecule has 0 fully saturated rings. The average Bonchev–Trinajstić information content (AvgIpc) is 3.37. The quantitative estimate of drug-likeness (QED) is 0.218. The summed E-state index contributed by atoms with van der Waals surface area (Å²) in [6.45, 7) is 0. The molecule has 0 atom stereocenters. The maximum absolute atomic E-state index is 6.30. The Morgan fingerprint density at radius 1 is 0.447 bits per heavy atom. The number of nitrogens with zero attached hydrogens (tertiary/aromatic N) is 3. The molecule has 0 aliphatic rings. The fraction of sp³-hybridized carbons (Fsp3) is 0. The van der Waals surface area contributed by atoms with Crippen molar-refractivity contribution < 1.29 is 4.42 Å². The van der Waals surface area contributed by atoms with Crippen molar-refractivity contribution in [1.29, 1.82) is 0 Å². The van der Waals surface area contributed by atoms with E-state index in [1.165, 1.54) is 0 Å². The Morgan fingerprint density at radius 3 is 1.74 bits per heavy atom. The molecular weight excluding hydrogens is 534 g/mol. The van der Waals surface area contributed by atoms with E-state index in [2.05, 4.69) is 64.5 Å². The molecule has 0 aliphatic carbocycles. The van der Waals surface area contributed by atoms with Crippen LogP contribution in [0.25, 0.3) is 67.2 Å². The van der Waals surface area contributed by atoms with Crippen LogP contribution in [0.15, 0.2) is 130 Å². The first kappa shape index (κ1) is 22.6. The van der Waals surface area contributed by atoms with Crippen molar-refractivity contribution in [3.63, 3.8) is 0 Å². The normalized spacial score (nSPS) is 11.3. The van der Waals surface area contributed by atoms with E-state index >= 15 is 0 Å². The summed E-state index contributed by atoms with van der Waals surface area (Å²) in [6, 6.07) is 40.8. The van der Waals surface area contributed by atoms with E-state index in [9.17, 15) is 0 Å². The molecule has 0 spiro atoms. The molecule has 0 amide bonds. The second-order valence-corrected chi connectivity index (χ2v) is 9.95. The Hall–Kier alpha value is -4.61. The molecule has 0 saturated carbocycles. The summed E-state index contributed by atoms with van der Waals surface area (Å²) < 4.78 is 7.36. The van der Waals surface area contributed by atoms with Crippen molar-refractivity contribution in [2.24, 2.45) is 0 Å². The Bertz CT molecular complexity index is 1910. The maximum atomic E-state index is 6.30. The molecule has 0 radical (unpaired) electrons. The first-order valence-corrected chi connectivity index (χ1v) is 13.1. The first-order valence-electron chi connectivity index (χ1n) is 12.3. The van der Waals surface area contributed by atoms with Crippen LogP contribution in [0, 0.1) is 0 Å². The molecule has 38 heavy (non-hydrogen) atoms. The summed E-state index contributed by atoms with van der Waals surface area (Å²) >= 11 is 3.51. The van der Waals surface area contributed by atoms with E-state index in [1.54, 1.807) is 0 Å². The SMILES string of the molecule is Brc1ccc(-c2ccc(-c3nc(-c4ccccc4)nc(-c4cccc5c4oc4ccccc45)n3)cc2)cc1. The van der Waals surface area contributed by atoms with Crippen molar-refractivity contribution in [3.05, 3.63) is 126 Å². The maximum Gasteiger partial charge on any atom is 0.167 e. The Balaban J connectivity index is 1.39. The number of furan rings is 1. The van der Waals surface area contributed by atoms with Gasteiger partial charge in [-0.3, -0.25) is 0 Å². The summed E-state index contributed by atoms with van der Waals surface area (Å²) in [7, 11) is 0. The highest BCUT2D eigenvalue weighted by Gasteiger charge is 2.17. The van der Waals surface area contributed by atoms with Crippen molar-refractivity contribution in [2.75, 3.05) is 0 Å². The molecule has 0 unspecified atom stereocenters. The largest absolute Gasteiger partial charge is 0.455 e. The van der Waals surface area contributed by atoms with Crippen molar-refractivity contribution >= 4 is 37.9 Å². The highest BCUT2D eigenvalue weighted by Crippen LogP contribution is 2.35. The highest BCUT2D eigenvalue weighted by atomic mass is 79.9. The molecule has 2 heterocycles. The van der Waals surface area contributed by atoms with Crippen LogP contribution in [0.1, 0.15) is 0 Å². The van der Waals surface area contributed by atoms with Crippen molar-refractivity contribution in [3.8, 4) is 45.3 Å². The van der Waals surface area contributed by atoms with Crippen molar-refractivity contribution in [2.45, 2.75) is 0 Å². The molecule has 7 aromatic rings. The summed E-state index contributed by atoms with van der Waals surface area (Å²) in [5.74, 6) is 1.82. The lowest BCUT2D eigenvalue weighted by atomic mass is 10.0. The van der Waals surface area contributed by atoms with Gasteiger partial charge >= 0.3 is 0 Å². The molecule has 0 aliphatic heterocycles. The third-order valence-electron chi connectivity index (χ3n) is 6.63. The number of aromatic nitrogens is 3. The van der Waals surface area contributed by atoms with E-state index in [4.69, 9.17) is 19.4 Å². The zero-order chi connectivity index (χ0) is 25.5. The van der Waals surface area contributed by atoms with Gasteiger partial charge in [0.25, 0.3) is 0 Å². The number of rotatable bonds is 4. The van der Waals surface area contributed by atoms with Gasteiger partial charge in [-0.05, 0) is 35.4 Å². The van der Waals surface area contributed by atoms with Gasteiger partial charge in [-0.1, -0.05) is 113 Å². The van der Waals surface area contributed by atoms with Crippen LogP contribution >= 0.6 is 15.9 Å². The van der Waals surface area contributed by atoms with Crippen LogP contribution in [0.3, 0.4) is 0 Å². The molecule has 7 rings (SSSR count). The van der Waals surface area contributed by atoms with Crippen LogP contribution < -0.4 is 0 Å². The minimum Gasteiger partial charge on any atom is -0.455 e. The van der Waals surface area contributed by atoms with Crippen LogP contribution in [0.5, 0.6) is 0 Å². The number of fused-ring (bicyclic) bond motifs is 3. The number of halogens is 1. The molecule has 4 nitrogen and oxygen atoms in total. The van der Waals surface area contributed by atoms with E-state index < -0.39 is 0 Å². The zero-order valence-corrected chi connectivity index (χ0v) is 21.8. The average molecular weight is 554 g/mol. The molecule has 180 valence electrons. The van der Waals surface area contributed by atoms with Gasteiger partial charge in [0.15, 0.2) is 17.5 Å². The van der Waals surface area contributed by atoms with Gasteiger partial charge in [0, 0.05) is 26.4 Å². The summed E-state index contributed by atoms with van der Waals surface area (Å²) in [5, 5.41) is 2.12. The molecular formula is C33H20BrN3O. The number of hydrogen-bond donors (Lipinski definition) is 0. The molecule has 0 bridgehead atoms. The predicted molar refractivity (Wildman–Crippen MR) is 157 cm³/mol. The molecule has 5 aromatic carbocycles. The fourth-order valence-corrected chi connectivity index (χ4v) is 4.98. The third kappa shape index (κ3) is 4.07. The van der Waals surface area contributed by atoms with E-state index in [1.807, 2.05) is 72.8 Å². The number of para-hydroxylation sites is 2. The van der Waals surface area contributed by atoms with Gasteiger partial charge in [0.05, 0.1) is 5.56 Å². The van der Waals surface area contributed by atoms with Crippen LogP contribution in [0.4, 0.5) is 0 Å². The molecule has 2 aromatic heterocycles. The lowest BCUT2D eigenvalue weighted by molar-refractivity contribution is 0.669. The number of hydrogen-bond acceptors (Lipinski definition) is 4. The Morgan fingerprint density at radius 2 is 1.00 bits per heavy atom. The summed E-state index contributed by atoms with van der Waals surface area (Å²) in [5.41, 5.74) is 6.59. The fourth-order valence-electron chi connectivity index (χ4n) is 4.72. The Labute approximate surface area is 227 Å².